The van der Waals surface area contributed by atoms with E-state index >= 15 is 0 Å². The lowest BCUT2D eigenvalue weighted by Crippen LogP contribution is -2.47. The highest BCUT2D eigenvalue weighted by Crippen LogP contribution is 2.35. The van der Waals surface area contributed by atoms with Gasteiger partial charge in [-0.3, -0.25) is 14.8 Å². The maximum absolute atomic E-state index is 11.7. The second kappa shape index (κ2) is 10.3. The quantitative estimate of drug-likeness (QED) is 0.534. The molecule has 34 heavy (non-hydrogen) atoms. The standard InChI is InChI=1S/C26H30N4O4/c1-32-17-26(31)28-20-9-12-30(13-10-20)16-23-14-19-4-7-22(15-25(19)34-23)33-21-5-2-18(3-6-21)24-8-11-27-29-24/h2-8,11,15,20,23H,9-10,12-14,16-17H2,1H3,(H,27,29)(H,28,31). The normalized spacial score (nSPS) is 18.3. The van der Waals surface area contributed by atoms with Gasteiger partial charge in [-0.1, -0.05) is 6.07 Å². The molecule has 8 nitrogen and oxygen atoms in total. The average Bonchev–Trinajstić information content (AvgIpc) is 3.51. The van der Waals surface area contributed by atoms with Crippen molar-refractivity contribution in [3.05, 3.63) is 60.3 Å². The van der Waals surface area contributed by atoms with E-state index in [0.29, 0.717) is 0 Å². The predicted octanol–water partition coefficient (Wildman–Crippen LogP) is 3.40. The summed E-state index contributed by atoms with van der Waals surface area (Å²) < 4.78 is 17.2. The number of hydrogen-bond acceptors (Lipinski definition) is 6. The molecule has 2 aromatic carbocycles. The Morgan fingerprint density at radius 2 is 1.94 bits per heavy atom. The Labute approximate surface area is 199 Å². The van der Waals surface area contributed by atoms with Crippen LogP contribution in [-0.2, 0) is 16.0 Å². The van der Waals surface area contributed by atoms with Gasteiger partial charge in [0.1, 0.15) is 30.0 Å². The number of amides is 1. The summed E-state index contributed by atoms with van der Waals surface area (Å²) in [7, 11) is 1.54. The van der Waals surface area contributed by atoms with E-state index in [9.17, 15) is 4.79 Å². The second-order valence-electron chi connectivity index (χ2n) is 8.89. The number of aromatic nitrogens is 2. The minimum absolute atomic E-state index is 0.0395. The molecule has 3 heterocycles. The fourth-order valence-corrected chi connectivity index (χ4v) is 4.65. The molecule has 1 aromatic heterocycles. The first-order valence-electron chi connectivity index (χ1n) is 11.7. The number of piperidine rings is 1. The van der Waals surface area contributed by atoms with Crippen molar-refractivity contribution in [1.29, 1.82) is 0 Å². The van der Waals surface area contributed by atoms with Crippen LogP contribution >= 0.6 is 0 Å². The second-order valence-corrected chi connectivity index (χ2v) is 8.89. The number of H-pyrrole nitrogens is 1. The van der Waals surface area contributed by atoms with Crippen LogP contribution in [0.1, 0.15) is 18.4 Å². The Hall–Kier alpha value is -3.36. The largest absolute Gasteiger partial charge is 0.488 e. The van der Waals surface area contributed by atoms with Crippen molar-refractivity contribution >= 4 is 5.91 Å². The third kappa shape index (κ3) is 5.40. The molecule has 0 bridgehead atoms. The fraction of sp³-hybridized carbons (Fsp3) is 0.385. The summed E-state index contributed by atoms with van der Waals surface area (Å²) in [6.45, 7) is 2.92. The molecule has 178 valence electrons. The van der Waals surface area contributed by atoms with Crippen molar-refractivity contribution in [2.45, 2.75) is 31.4 Å². The summed E-state index contributed by atoms with van der Waals surface area (Å²) in [4.78, 5) is 14.1. The van der Waals surface area contributed by atoms with E-state index in [2.05, 4.69) is 26.5 Å². The summed E-state index contributed by atoms with van der Waals surface area (Å²) in [5.74, 6) is 2.40. The summed E-state index contributed by atoms with van der Waals surface area (Å²) in [6, 6.07) is 16.2. The number of ether oxygens (including phenoxy) is 3. The van der Waals surface area contributed by atoms with Gasteiger partial charge in [0, 0.05) is 51.5 Å². The zero-order valence-electron chi connectivity index (χ0n) is 19.3. The van der Waals surface area contributed by atoms with Gasteiger partial charge in [0.05, 0.1) is 5.69 Å². The molecule has 1 saturated heterocycles. The molecule has 3 aromatic rings. The summed E-state index contributed by atoms with van der Waals surface area (Å²) in [5.41, 5.74) is 3.25. The topological polar surface area (TPSA) is 88.7 Å². The molecule has 1 amide bonds. The minimum atomic E-state index is -0.0395. The van der Waals surface area contributed by atoms with Crippen LogP contribution in [0.5, 0.6) is 17.2 Å². The van der Waals surface area contributed by atoms with Gasteiger partial charge in [-0.2, -0.15) is 5.10 Å². The van der Waals surface area contributed by atoms with E-state index in [1.54, 1.807) is 6.20 Å². The van der Waals surface area contributed by atoms with Crippen LogP contribution in [-0.4, -0.2) is 66.5 Å². The number of likely N-dealkylation sites (tertiary alicyclic amines) is 1. The van der Waals surface area contributed by atoms with E-state index in [1.807, 2.05) is 42.5 Å². The number of nitrogens with one attached hydrogen (secondary N) is 2. The first-order valence-corrected chi connectivity index (χ1v) is 11.7. The van der Waals surface area contributed by atoms with E-state index < -0.39 is 0 Å². The lowest BCUT2D eigenvalue weighted by molar-refractivity contribution is -0.125. The maximum atomic E-state index is 11.7. The van der Waals surface area contributed by atoms with Gasteiger partial charge in [-0.05, 0) is 60.4 Å². The highest BCUT2D eigenvalue weighted by molar-refractivity contribution is 5.77. The molecule has 1 unspecified atom stereocenters. The van der Waals surface area contributed by atoms with Crippen LogP contribution in [0.15, 0.2) is 54.7 Å². The Morgan fingerprint density at radius 1 is 1.15 bits per heavy atom. The van der Waals surface area contributed by atoms with Crippen LogP contribution in [0.2, 0.25) is 0 Å². The monoisotopic (exact) mass is 462 g/mol. The number of methoxy groups -OCH3 is 1. The molecule has 2 N–H and O–H groups in total. The van der Waals surface area contributed by atoms with Gasteiger partial charge < -0.3 is 19.5 Å². The highest BCUT2D eigenvalue weighted by Gasteiger charge is 2.28. The van der Waals surface area contributed by atoms with E-state index in [4.69, 9.17) is 14.2 Å². The van der Waals surface area contributed by atoms with Crippen molar-refractivity contribution in [2.75, 3.05) is 33.4 Å². The molecule has 0 saturated carbocycles. The van der Waals surface area contributed by atoms with Crippen LogP contribution < -0.4 is 14.8 Å². The molecule has 5 rings (SSSR count). The Bertz CT molecular complexity index is 1090. The van der Waals surface area contributed by atoms with Crippen molar-refractivity contribution in [3.63, 3.8) is 0 Å². The van der Waals surface area contributed by atoms with Gasteiger partial charge in [0.2, 0.25) is 5.91 Å². The molecular weight excluding hydrogens is 432 g/mol. The van der Waals surface area contributed by atoms with Crippen molar-refractivity contribution < 1.29 is 19.0 Å². The first kappa shape index (κ1) is 22.4. The summed E-state index contributed by atoms with van der Waals surface area (Å²) in [6.07, 6.45) is 4.68. The predicted molar refractivity (Wildman–Crippen MR) is 128 cm³/mol. The lowest BCUT2D eigenvalue weighted by atomic mass is 10.0. The Balaban J connectivity index is 1.11. The van der Waals surface area contributed by atoms with E-state index in [-0.39, 0.29) is 24.7 Å². The molecular formula is C26H30N4O4. The number of carbonyl (C=O) groups excluding carboxylic acids is 1. The molecule has 1 atom stereocenters. The number of carbonyl (C=O) groups is 1. The van der Waals surface area contributed by atoms with E-state index in [0.717, 1.165) is 67.4 Å². The zero-order valence-corrected chi connectivity index (χ0v) is 19.3. The third-order valence-corrected chi connectivity index (χ3v) is 6.37. The van der Waals surface area contributed by atoms with Crippen molar-refractivity contribution in [3.8, 4) is 28.5 Å². The lowest BCUT2D eigenvalue weighted by Gasteiger charge is -2.33. The summed E-state index contributed by atoms with van der Waals surface area (Å²) in [5, 5.41) is 10.0. The maximum Gasteiger partial charge on any atom is 0.246 e. The van der Waals surface area contributed by atoms with Gasteiger partial charge in [0.25, 0.3) is 0 Å². The van der Waals surface area contributed by atoms with Crippen molar-refractivity contribution in [2.24, 2.45) is 0 Å². The average molecular weight is 463 g/mol. The molecule has 0 radical (unpaired) electrons. The first-order chi connectivity index (χ1) is 16.7. The number of hydrogen-bond donors (Lipinski definition) is 2. The van der Waals surface area contributed by atoms with Crippen LogP contribution in [0.3, 0.4) is 0 Å². The van der Waals surface area contributed by atoms with E-state index in [1.165, 1.54) is 12.7 Å². The van der Waals surface area contributed by atoms with Gasteiger partial charge in [0.15, 0.2) is 0 Å². The van der Waals surface area contributed by atoms with Gasteiger partial charge >= 0.3 is 0 Å². The zero-order chi connectivity index (χ0) is 23.3. The molecule has 0 aliphatic carbocycles. The minimum Gasteiger partial charge on any atom is -0.488 e. The molecule has 2 aliphatic rings. The third-order valence-electron chi connectivity index (χ3n) is 6.37. The van der Waals surface area contributed by atoms with Crippen LogP contribution in [0, 0.1) is 0 Å². The smallest absolute Gasteiger partial charge is 0.246 e. The number of benzene rings is 2. The fourth-order valence-electron chi connectivity index (χ4n) is 4.65. The number of aromatic amines is 1. The summed E-state index contributed by atoms with van der Waals surface area (Å²) >= 11 is 0. The Morgan fingerprint density at radius 3 is 2.68 bits per heavy atom. The molecule has 1 fully saturated rings. The molecule has 0 spiro atoms. The van der Waals surface area contributed by atoms with Crippen LogP contribution in [0.25, 0.3) is 11.3 Å². The van der Waals surface area contributed by atoms with Crippen molar-refractivity contribution in [1.82, 2.24) is 20.4 Å². The van der Waals surface area contributed by atoms with Crippen LogP contribution in [0.4, 0.5) is 0 Å². The number of rotatable bonds is 8. The molecule has 2 aliphatic heterocycles. The van der Waals surface area contributed by atoms with Gasteiger partial charge in [-0.15, -0.1) is 0 Å². The number of fused-ring (bicyclic) bond motifs is 1. The Kier molecular flexibility index (Phi) is 6.78. The van der Waals surface area contributed by atoms with Gasteiger partial charge in [-0.25, -0.2) is 0 Å². The SMILES string of the molecule is COCC(=O)NC1CCN(CC2Cc3ccc(Oc4ccc(-c5ccn[nH]5)cc4)cc3O2)CC1. The molecule has 8 heteroatoms. The highest BCUT2D eigenvalue weighted by atomic mass is 16.5. The number of nitrogens with zero attached hydrogens (tertiary/aromatic N) is 2.